The van der Waals surface area contributed by atoms with Crippen molar-refractivity contribution in [3.63, 3.8) is 0 Å². The lowest BCUT2D eigenvalue weighted by Crippen LogP contribution is -2.28. The molecular formula is C34H33N3O. The van der Waals surface area contributed by atoms with E-state index in [1.54, 1.807) is 0 Å². The van der Waals surface area contributed by atoms with Crippen LogP contribution in [-0.4, -0.2) is 33.8 Å². The van der Waals surface area contributed by atoms with Crippen molar-refractivity contribution in [3.8, 4) is 17.0 Å². The molecular weight excluding hydrogens is 466 g/mol. The SMILES string of the molecule is Cc1ccccc1-c1ccc2c(C(=Nc3ccc(CN4CCCCC4)cc3)c3ccccc3)c(O)[nH]c2c1. The smallest absolute Gasteiger partial charge is 0.199 e. The minimum absolute atomic E-state index is 0.131. The molecule has 1 saturated heterocycles. The largest absolute Gasteiger partial charge is 0.494 e. The van der Waals surface area contributed by atoms with Crippen LogP contribution in [-0.2, 0) is 6.54 Å². The number of hydrogen-bond donors (Lipinski definition) is 2. The maximum atomic E-state index is 11.1. The number of hydrogen-bond acceptors (Lipinski definition) is 3. The molecule has 1 aliphatic rings. The first kappa shape index (κ1) is 24.2. The fraction of sp³-hybridized carbons (Fsp3) is 0.206. The highest BCUT2D eigenvalue weighted by atomic mass is 16.3. The van der Waals surface area contributed by atoms with Crippen LogP contribution in [0.2, 0.25) is 0 Å². The predicted octanol–water partition coefficient (Wildman–Crippen LogP) is 8.00. The Morgan fingerprint density at radius 1 is 0.842 bits per heavy atom. The first-order valence-corrected chi connectivity index (χ1v) is 13.5. The monoisotopic (exact) mass is 499 g/mol. The highest BCUT2D eigenvalue weighted by Crippen LogP contribution is 2.34. The maximum Gasteiger partial charge on any atom is 0.199 e. The summed E-state index contributed by atoms with van der Waals surface area (Å²) in [6, 6.07) is 33.3. The summed E-state index contributed by atoms with van der Waals surface area (Å²) < 4.78 is 0. The summed E-state index contributed by atoms with van der Waals surface area (Å²) in [5, 5.41) is 12.1. The number of likely N-dealkylation sites (tertiary alicyclic amines) is 1. The third-order valence-corrected chi connectivity index (χ3v) is 7.55. The second-order valence-corrected chi connectivity index (χ2v) is 10.3. The molecule has 6 rings (SSSR count). The van der Waals surface area contributed by atoms with E-state index in [9.17, 15) is 5.11 Å². The number of nitrogens with zero attached hydrogens (tertiary/aromatic N) is 2. The topological polar surface area (TPSA) is 51.6 Å². The van der Waals surface area contributed by atoms with Crippen molar-refractivity contribution < 1.29 is 5.11 Å². The van der Waals surface area contributed by atoms with Crippen molar-refractivity contribution in [2.75, 3.05) is 13.1 Å². The van der Waals surface area contributed by atoms with Gasteiger partial charge >= 0.3 is 0 Å². The molecule has 2 heterocycles. The van der Waals surface area contributed by atoms with Crippen molar-refractivity contribution in [1.29, 1.82) is 0 Å². The molecule has 0 spiro atoms. The molecule has 0 unspecified atom stereocenters. The van der Waals surface area contributed by atoms with Crippen molar-refractivity contribution in [3.05, 3.63) is 119 Å². The standard InChI is InChI=1S/C34H33N3O/c1-24-10-6-7-13-29(24)27-16-19-30-31(22-27)36-34(38)32(30)33(26-11-4-2-5-12-26)35-28-17-14-25(15-18-28)23-37-20-8-3-9-21-37/h2,4-7,10-19,22,36,38H,3,8-9,20-21,23H2,1H3. The summed E-state index contributed by atoms with van der Waals surface area (Å²) in [5.41, 5.74) is 9.03. The van der Waals surface area contributed by atoms with Crippen molar-refractivity contribution >= 4 is 22.3 Å². The van der Waals surface area contributed by atoms with Crippen LogP contribution >= 0.6 is 0 Å². The van der Waals surface area contributed by atoms with E-state index in [1.807, 2.05) is 30.3 Å². The van der Waals surface area contributed by atoms with Crippen LogP contribution in [0.4, 0.5) is 5.69 Å². The van der Waals surface area contributed by atoms with Gasteiger partial charge in [-0.25, -0.2) is 4.99 Å². The van der Waals surface area contributed by atoms with Gasteiger partial charge in [0.05, 0.1) is 17.0 Å². The summed E-state index contributed by atoms with van der Waals surface area (Å²) >= 11 is 0. The first-order valence-electron chi connectivity index (χ1n) is 13.5. The Balaban J connectivity index is 1.39. The molecule has 1 aliphatic heterocycles. The molecule has 1 aromatic heterocycles. The van der Waals surface area contributed by atoms with Crippen LogP contribution in [0.1, 0.15) is 41.5 Å². The van der Waals surface area contributed by atoms with Crippen molar-refractivity contribution in [2.24, 2.45) is 4.99 Å². The van der Waals surface area contributed by atoms with E-state index in [4.69, 9.17) is 4.99 Å². The van der Waals surface area contributed by atoms with E-state index in [2.05, 4.69) is 83.5 Å². The van der Waals surface area contributed by atoms with Gasteiger partial charge in [-0.1, -0.05) is 85.3 Å². The van der Waals surface area contributed by atoms with Gasteiger partial charge in [0.25, 0.3) is 0 Å². The summed E-state index contributed by atoms with van der Waals surface area (Å²) in [4.78, 5) is 10.8. The molecule has 0 radical (unpaired) electrons. The molecule has 0 amide bonds. The summed E-state index contributed by atoms with van der Waals surface area (Å²) in [6.45, 7) is 5.48. The van der Waals surface area contributed by atoms with Crippen LogP contribution in [0, 0.1) is 6.92 Å². The number of benzene rings is 4. The second-order valence-electron chi connectivity index (χ2n) is 10.3. The van der Waals surface area contributed by atoms with E-state index in [0.29, 0.717) is 0 Å². The number of nitrogens with one attached hydrogen (secondary N) is 1. The molecule has 0 bridgehead atoms. The van der Waals surface area contributed by atoms with Crippen molar-refractivity contribution in [1.82, 2.24) is 9.88 Å². The summed E-state index contributed by atoms with van der Waals surface area (Å²) in [6.07, 6.45) is 3.94. The lowest BCUT2D eigenvalue weighted by Gasteiger charge is -2.26. The Bertz CT molecular complexity index is 1580. The average molecular weight is 500 g/mol. The van der Waals surface area contributed by atoms with E-state index in [-0.39, 0.29) is 5.88 Å². The molecule has 190 valence electrons. The number of fused-ring (bicyclic) bond motifs is 1. The van der Waals surface area contributed by atoms with Crippen molar-refractivity contribution in [2.45, 2.75) is 32.7 Å². The molecule has 4 nitrogen and oxygen atoms in total. The van der Waals surface area contributed by atoms with Crippen LogP contribution < -0.4 is 0 Å². The molecule has 0 aliphatic carbocycles. The Labute approximate surface area is 224 Å². The van der Waals surface area contributed by atoms with Gasteiger partial charge in [-0.2, -0.15) is 0 Å². The zero-order chi connectivity index (χ0) is 25.9. The van der Waals surface area contributed by atoms with E-state index in [1.165, 1.54) is 49.0 Å². The predicted molar refractivity (Wildman–Crippen MR) is 157 cm³/mol. The Hall–Kier alpha value is -4.15. The molecule has 2 N–H and O–H groups in total. The molecule has 0 saturated carbocycles. The molecule has 0 atom stereocenters. The van der Waals surface area contributed by atoms with Crippen LogP contribution in [0.5, 0.6) is 5.88 Å². The van der Waals surface area contributed by atoms with Crippen LogP contribution in [0.25, 0.3) is 22.0 Å². The molecule has 4 heteroatoms. The van der Waals surface area contributed by atoms with Gasteiger partial charge < -0.3 is 10.1 Å². The zero-order valence-corrected chi connectivity index (χ0v) is 21.8. The molecule has 1 fully saturated rings. The van der Waals surface area contributed by atoms with E-state index < -0.39 is 0 Å². The van der Waals surface area contributed by atoms with Gasteiger partial charge in [0.1, 0.15) is 0 Å². The molecule has 38 heavy (non-hydrogen) atoms. The number of piperidine rings is 1. The third-order valence-electron chi connectivity index (χ3n) is 7.55. The second kappa shape index (κ2) is 10.7. The number of aliphatic imine (C=N–C) groups is 1. The van der Waals surface area contributed by atoms with Gasteiger partial charge in [-0.15, -0.1) is 0 Å². The third kappa shape index (κ3) is 5.00. The van der Waals surface area contributed by atoms with Gasteiger partial charge in [0.2, 0.25) is 0 Å². The summed E-state index contributed by atoms with van der Waals surface area (Å²) in [7, 11) is 0. The van der Waals surface area contributed by atoms with Gasteiger partial charge in [0.15, 0.2) is 5.88 Å². The fourth-order valence-corrected chi connectivity index (χ4v) is 5.53. The normalized spacial score (nSPS) is 14.7. The number of rotatable bonds is 6. The fourth-order valence-electron chi connectivity index (χ4n) is 5.53. The molecule has 5 aromatic rings. The lowest BCUT2D eigenvalue weighted by molar-refractivity contribution is 0.221. The van der Waals surface area contributed by atoms with E-state index in [0.717, 1.165) is 45.5 Å². The maximum absolute atomic E-state index is 11.1. The quantitative estimate of drug-likeness (QED) is 0.233. The number of aromatic hydroxyl groups is 1. The van der Waals surface area contributed by atoms with Gasteiger partial charge in [-0.3, -0.25) is 4.90 Å². The Morgan fingerprint density at radius 3 is 2.34 bits per heavy atom. The Kier molecular flexibility index (Phi) is 6.80. The minimum atomic E-state index is 0.131. The number of aryl methyl sites for hydroxylation is 1. The number of aromatic nitrogens is 1. The van der Waals surface area contributed by atoms with Crippen LogP contribution in [0.15, 0.2) is 102 Å². The molecule has 4 aromatic carbocycles. The van der Waals surface area contributed by atoms with Crippen LogP contribution in [0.3, 0.4) is 0 Å². The minimum Gasteiger partial charge on any atom is -0.494 e. The Morgan fingerprint density at radius 2 is 1.58 bits per heavy atom. The first-order chi connectivity index (χ1) is 18.7. The average Bonchev–Trinajstić information content (AvgIpc) is 3.28. The summed E-state index contributed by atoms with van der Waals surface area (Å²) in [5.74, 6) is 0.131. The highest BCUT2D eigenvalue weighted by molar-refractivity contribution is 6.22. The lowest BCUT2D eigenvalue weighted by atomic mass is 9.97. The number of H-pyrrole nitrogens is 1. The van der Waals surface area contributed by atoms with Gasteiger partial charge in [-0.05, 0) is 73.3 Å². The van der Waals surface area contributed by atoms with E-state index >= 15 is 0 Å². The van der Waals surface area contributed by atoms with Gasteiger partial charge in [0, 0.05) is 23.0 Å². The number of aromatic amines is 1. The zero-order valence-electron chi connectivity index (χ0n) is 21.8. The highest BCUT2D eigenvalue weighted by Gasteiger charge is 2.19.